The smallest absolute Gasteiger partial charge is 0.228 e. The Kier molecular flexibility index (Phi) is 6.92. The summed E-state index contributed by atoms with van der Waals surface area (Å²) in [6, 6.07) is 7.92. The third-order valence-electron chi connectivity index (χ3n) is 5.60. The Bertz CT molecular complexity index is 935. The van der Waals surface area contributed by atoms with Crippen LogP contribution in [-0.4, -0.2) is 38.8 Å². The van der Waals surface area contributed by atoms with E-state index in [1.165, 1.54) is 6.42 Å². The lowest BCUT2D eigenvalue weighted by molar-refractivity contribution is -0.121. The molecule has 4 rings (SSSR count). The molecule has 0 bridgehead atoms. The number of likely N-dealkylation sites (tertiary alicyclic amines) is 1. The topological polar surface area (TPSA) is 73.9 Å². The molecule has 0 aliphatic carbocycles. The van der Waals surface area contributed by atoms with Crippen molar-refractivity contribution in [3.8, 4) is 11.3 Å². The number of aryl methyl sites for hydroxylation is 1. The molecule has 1 atom stereocenters. The van der Waals surface area contributed by atoms with E-state index in [1.807, 2.05) is 41.4 Å². The van der Waals surface area contributed by atoms with E-state index in [-0.39, 0.29) is 11.8 Å². The minimum absolute atomic E-state index is 0.0134. The van der Waals surface area contributed by atoms with Crippen LogP contribution in [0.1, 0.15) is 44.1 Å². The van der Waals surface area contributed by atoms with Crippen LogP contribution in [0, 0.1) is 5.92 Å². The second-order valence-corrected chi connectivity index (χ2v) is 8.69. The first-order chi connectivity index (χ1) is 14.7. The van der Waals surface area contributed by atoms with Gasteiger partial charge >= 0.3 is 0 Å². The van der Waals surface area contributed by atoms with E-state index < -0.39 is 0 Å². The number of hydrogen-bond acceptors (Lipinski definition) is 5. The van der Waals surface area contributed by atoms with Gasteiger partial charge in [0.15, 0.2) is 0 Å². The summed E-state index contributed by atoms with van der Waals surface area (Å²) in [4.78, 5) is 27.4. The van der Waals surface area contributed by atoms with Gasteiger partial charge in [0.1, 0.15) is 5.82 Å². The molecule has 2 aromatic heterocycles. The predicted octanol–water partition coefficient (Wildman–Crippen LogP) is 4.73. The van der Waals surface area contributed by atoms with Gasteiger partial charge in [-0.2, -0.15) is 0 Å². The zero-order valence-corrected chi connectivity index (χ0v) is 18.3. The molecule has 1 saturated heterocycles. The number of H-pyrrole nitrogens is 1. The SMILES string of the molecule is CCCCc1ncc(CN2CCCC(C(=O)Nc3ccc(-c4cscn4)cc3)C2)[nH]1. The number of piperidine rings is 1. The van der Waals surface area contributed by atoms with Crippen LogP contribution in [-0.2, 0) is 17.8 Å². The number of amides is 1. The molecule has 30 heavy (non-hydrogen) atoms. The highest BCUT2D eigenvalue weighted by atomic mass is 32.1. The van der Waals surface area contributed by atoms with E-state index in [4.69, 9.17) is 0 Å². The summed E-state index contributed by atoms with van der Waals surface area (Å²) in [5.41, 5.74) is 5.84. The Balaban J connectivity index is 1.30. The van der Waals surface area contributed by atoms with Gasteiger partial charge in [0.2, 0.25) is 5.91 Å². The summed E-state index contributed by atoms with van der Waals surface area (Å²) in [6.45, 7) is 4.82. The van der Waals surface area contributed by atoms with Crippen molar-refractivity contribution >= 4 is 22.9 Å². The highest BCUT2D eigenvalue weighted by Gasteiger charge is 2.26. The molecule has 158 valence electrons. The summed E-state index contributed by atoms with van der Waals surface area (Å²) in [5.74, 6) is 1.19. The molecule has 0 spiro atoms. The lowest BCUT2D eigenvalue weighted by atomic mass is 9.97. The predicted molar refractivity (Wildman–Crippen MR) is 121 cm³/mol. The van der Waals surface area contributed by atoms with Crippen molar-refractivity contribution in [1.82, 2.24) is 19.9 Å². The number of aromatic nitrogens is 3. The van der Waals surface area contributed by atoms with Gasteiger partial charge in [-0.15, -0.1) is 11.3 Å². The maximum Gasteiger partial charge on any atom is 0.228 e. The number of rotatable bonds is 8. The lowest BCUT2D eigenvalue weighted by Gasteiger charge is -2.31. The van der Waals surface area contributed by atoms with Crippen molar-refractivity contribution in [3.63, 3.8) is 0 Å². The fourth-order valence-corrected chi connectivity index (χ4v) is 4.50. The Labute approximate surface area is 181 Å². The van der Waals surface area contributed by atoms with Crippen molar-refractivity contribution in [2.75, 3.05) is 18.4 Å². The van der Waals surface area contributed by atoms with Crippen LogP contribution in [0.2, 0.25) is 0 Å². The maximum absolute atomic E-state index is 12.8. The molecule has 6 nitrogen and oxygen atoms in total. The first-order valence-corrected chi connectivity index (χ1v) is 11.7. The molecule has 2 N–H and O–H groups in total. The third kappa shape index (κ3) is 5.34. The van der Waals surface area contributed by atoms with Crippen LogP contribution in [0.5, 0.6) is 0 Å². The Morgan fingerprint density at radius 1 is 1.30 bits per heavy atom. The normalized spacial score (nSPS) is 17.2. The second-order valence-electron chi connectivity index (χ2n) is 7.97. The monoisotopic (exact) mass is 423 g/mol. The molecule has 1 aliphatic rings. The largest absolute Gasteiger partial charge is 0.345 e. The van der Waals surface area contributed by atoms with E-state index in [1.54, 1.807) is 11.3 Å². The number of benzene rings is 1. The number of carbonyl (C=O) groups is 1. The lowest BCUT2D eigenvalue weighted by Crippen LogP contribution is -2.40. The molecule has 7 heteroatoms. The number of thiazole rings is 1. The summed E-state index contributed by atoms with van der Waals surface area (Å²) < 4.78 is 0. The summed E-state index contributed by atoms with van der Waals surface area (Å²) in [6.07, 6.45) is 7.25. The zero-order chi connectivity index (χ0) is 20.8. The molecule has 3 heterocycles. The number of carbonyl (C=O) groups excluding carboxylic acids is 1. The minimum atomic E-state index is 0.0134. The van der Waals surface area contributed by atoms with E-state index in [2.05, 4.69) is 32.1 Å². The van der Waals surface area contributed by atoms with Gasteiger partial charge < -0.3 is 10.3 Å². The molecule has 0 radical (unpaired) electrons. The van der Waals surface area contributed by atoms with Gasteiger partial charge in [-0.05, 0) is 37.9 Å². The van der Waals surface area contributed by atoms with Crippen molar-refractivity contribution in [3.05, 3.63) is 52.9 Å². The molecule has 1 aliphatic heterocycles. The van der Waals surface area contributed by atoms with Gasteiger partial charge in [0.05, 0.1) is 17.1 Å². The first-order valence-electron chi connectivity index (χ1n) is 10.8. The second kappa shape index (κ2) is 10.00. The Morgan fingerprint density at radius 3 is 2.93 bits per heavy atom. The van der Waals surface area contributed by atoms with E-state index in [9.17, 15) is 4.79 Å². The molecular weight excluding hydrogens is 394 g/mol. The van der Waals surface area contributed by atoms with Gasteiger partial charge in [-0.25, -0.2) is 9.97 Å². The zero-order valence-electron chi connectivity index (χ0n) is 17.4. The van der Waals surface area contributed by atoms with Crippen LogP contribution in [0.25, 0.3) is 11.3 Å². The fraction of sp³-hybridized carbons (Fsp3) is 0.435. The molecule has 1 fully saturated rings. The Hall–Kier alpha value is -2.51. The minimum Gasteiger partial charge on any atom is -0.345 e. The van der Waals surface area contributed by atoms with Crippen LogP contribution in [0.4, 0.5) is 5.69 Å². The molecule has 0 saturated carbocycles. The van der Waals surface area contributed by atoms with Crippen molar-refractivity contribution < 1.29 is 4.79 Å². The standard InChI is InChI=1S/C23H29N5OS/c1-2-3-6-22-24-12-20(26-22)14-28-11-4-5-18(13-28)23(29)27-19-9-7-17(8-10-19)21-15-30-16-25-21/h7-10,12,15-16,18H,2-6,11,13-14H2,1H3,(H,24,26)(H,27,29). The van der Waals surface area contributed by atoms with Crippen LogP contribution < -0.4 is 5.32 Å². The highest BCUT2D eigenvalue weighted by Crippen LogP contribution is 2.23. The van der Waals surface area contributed by atoms with E-state index >= 15 is 0 Å². The van der Waals surface area contributed by atoms with Crippen molar-refractivity contribution in [2.24, 2.45) is 5.92 Å². The van der Waals surface area contributed by atoms with Gasteiger partial charge in [0, 0.05) is 48.0 Å². The average Bonchev–Trinajstić information content (AvgIpc) is 3.45. The molecular formula is C23H29N5OS. The van der Waals surface area contributed by atoms with E-state index in [0.29, 0.717) is 0 Å². The molecule has 1 amide bonds. The number of imidazole rings is 1. The maximum atomic E-state index is 12.8. The average molecular weight is 424 g/mol. The number of aromatic amines is 1. The van der Waals surface area contributed by atoms with Gasteiger partial charge in [-0.1, -0.05) is 25.5 Å². The Morgan fingerprint density at radius 2 is 2.17 bits per heavy atom. The van der Waals surface area contributed by atoms with Gasteiger partial charge in [0.25, 0.3) is 0 Å². The molecule has 1 aromatic carbocycles. The number of nitrogens with zero attached hydrogens (tertiary/aromatic N) is 3. The third-order valence-corrected chi connectivity index (χ3v) is 6.19. The van der Waals surface area contributed by atoms with Crippen LogP contribution in [0.3, 0.4) is 0 Å². The number of unbranched alkanes of at least 4 members (excludes halogenated alkanes) is 1. The van der Waals surface area contributed by atoms with Gasteiger partial charge in [-0.3, -0.25) is 9.69 Å². The summed E-state index contributed by atoms with van der Waals surface area (Å²) in [7, 11) is 0. The van der Waals surface area contributed by atoms with Crippen molar-refractivity contribution in [1.29, 1.82) is 0 Å². The van der Waals surface area contributed by atoms with Crippen LogP contribution >= 0.6 is 11.3 Å². The van der Waals surface area contributed by atoms with Crippen LogP contribution in [0.15, 0.2) is 41.4 Å². The quantitative estimate of drug-likeness (QED) is 0.549. The van der Waals surface area contributed by atoms with E-state index in [0.717, 1.165) is 73.8 Å². The van der Waals surface area contributed by atoms with Crippen molar-refractivity contribution in [2.45, 2.75) is 45.6 Å². The highest BCUT2D eigenvalue weighted by molar-refractivity contribution is 7.07. The summed E-state index contributed by atoms with van der Waals surface area (Å²) >= 11 is 1.58. The fourth-order valence-electron chi connectivity index (χ4n) is 3.94. The molecule has 3 aromatic rings. The number of nitrogens with one attached hydrogen (secondary N) is 2. The summed E-state index contributed by atoms with van der Waals surface area (Å²) in [5, 5.41) is 5.12. The number of anilines is 1. The number of hydrogen-bond donors (Lipinski definition) is 2. The first kappa shape index (κ1) is 20.8. The molecule has 1 unspecified atom stereocenters.